The van der Waals surface area contributed by atoms with Gasteiger partial charge in [0.05, 0.1) is 25.5 Å². The number of ether oxygens (including phenoxy) is 2. The monoisotopic (exact) mass is 356 g/mol. The summed E-state index contributed by atoms with van der Waals surface area (Å²) < 4.78 is 11.1. The molecule has 0 saturated carbocycles. The summed E-state index contributed by atoms with van der Waals surface area (Å²) in [7, 11) is 1.58. The van der Waals surface area contributed by atoms with Gasteiger partial charge in [0.25, 0.3) is 5.91 Å². The lowest BCUT2D eigenvalue weighted by molar-refractivity contribution is 0.0952. The molecule has 0 aromatic heterocycles. The number of hydrogen-bond donors (Lipinski definition) is 2. The number of carbonyl (C=O) groups is 1. The van der Waals surface area contributed by atoms with Gasteiger partial charge in [-0.1, -0.05) is 31.9 Å². The van der Waals surface area contributed by atoms with Crippen LogP contribution in [0.25, 0.3) is 0 Å². The number of aromatic hydroxyl groups is 1. The Balaban J connectivity index is 1.97. The van der Waals surface area contributed by atoms with Crippen molar-refractivity contribution < 1.29 is 19.4 Å². The number of hydrazone groups is 1. The Hall–Kier alpha value is -3.02. The fourth-order valence-electron chi connectivity index (χ4n) is 2.31. The highest BCUT2D eigenvalue weighted by molar-refractivity contribution is 5.97. The molecule has 0 bridgehead atoms. The third kappa shape index (κ3) is 5.51. The third-order valence-electron chi connectivity index (χ3n) is 3.72. The topological polar surface area (TPSA) is 80.2 Å². The maximum atomic E-state index is 12.0. The number of hydrogen-bond acceptors (Lipinski definition) is 5. The van der Waals surface area contributed by atoms with Crippen LogP contribution in [-0.2, 0) is 0 Å². The highest BCUT2D eigenvalue weighted by atomic mass is 16.5. The molecular weight excluding hydrogens is 332 g/mol. The zero-order chi connectivity index (χ0) is 18.8. The highest BCUT2D eigenvalue weighted by Crippen LogP contribution is 2.27. The van der Waals surface area contributed by atoms with Crippen LogP contribution in [0.15, 0.2) is 47.6 Å². The predicted molar refractivity (Wildman–Crippen MR) is 101 cm³/mol. The Morgan fingerprint density at radius 1 is 1.19 bits per heavy atom. The number of methoxy groups -OCH3 is 1. The molecule has 0 aliphatic carbocycles. The summed E-state index contributed by atoms with van der Waals surface area (Å²) in [6, 6.07) is 11.7. The summed E-state index contributed by atoms with van der Waals surface area (Å²) >= 11 is 0. The average molecular weight is 356 g/mol. The largest absolute Gasteiger partial charge is 0.507 e. The zero-order valence-electron chi connectivity index (χ0n) is 15.1. The van der Waals surface area contributed by atoms with E-state index in [0.717, 1.165) is 24.8 Å². The molecule has 26 heavy (non-hydrogen) atoms. The fourth-order valence-corrected chi connectivity index (χ4v) is 2.31. The minimum absolute atomic E-state index is 0.0913. The first-order valence-electron chi connectivity index (χ1n) is 8.58. The van der Waals surface area contributed by atoms with E-state index in [1.54, 1.807) is 25.3 Å². The molecule has 1 amide bonds. The van der Waals surface area contributed by atoms with Crippen LogP contribution in [0.1, 0.15) is 42.1 Å². The molecule has 0 atom stereocenters. The smallest absolute Gasteiger partial charge is 0.275 e. The Morgan fingerprint density at radius 2 is 2.00 bits per heavy atom. The summed E-state index contributed by atoms with van der Waals surface area (Å²) in [5.74, 6) is 0.713. The third-order valence-corrected chi connectivity index (χ3v) is 3.72. The van der Waals surface area contributed by atoms with E-state index >= 15 is 0 Å². The van der Waals surface area contributed by atoms with Gasteiger partial charge in [0.1, 0.15) is 5.75 Å². The second-order valence-corrected chi connectivity index (χ2v) is 5.68. The lowest BCUT2D eigenvalue weighted by Crippen LogP contribution is -2.17. The standard InChI is InChI=1S/C20H24N2O4/c1-3-4-7-12-26-18-11-10-15(13-19(18)25-2)14-21-22-20(24)16-8-5-6-9-17(16)23/h5-6,8-11,13-14,23H,3-4,7,12H2,1-2H3,(H,22,24)/b21-14-. The predicted octanol–water partition coefficient (Wildman–Crippen LogP) is 3.73. The van der Waals surface area contributed by atoms with Crippen molar-refractivity contribution in [1.29, 1.82) is 0 Å². The molecular formula is C20H24N2O4. The highest BCUT2D eigenvalue weighted by Gasteiger charge is 2.09. The van der Waals surface area contributed by atoms with E-state index in [4.69, 9.17) is 9.47 Å². The van der Waals surface area contributed by atoms with E-state index in [1.807, 2.05) is 12.1 Å². The van der Waals surface area contributed by atoms with Crippen LogP contribution in [0, 0.1) is 0 Å². The molecule has 2 rings (SSSR count). The van der Waals surface area contributed by atoms with Crippen LogP contribution in [0.5, 0.6) is 17.2 Å². The molecule has 0 aliphatic rings. The number of phenolic OH excluding ortho intramolecular Hbond substituents is 1. The number of para-hydroxylation sites is 1. The number of unbranched alkanes of at least 4 members (excludes halogenated alkanes) is 2. The SMILES string of the molecule is CCCCCOc1ccc(/C=N\NC(=O)c2ccccc2O)cc1OC. The molecule has 6 nitrogen and oxygen atoms in total. The van der Waals surface area contributed by atoms with Gasteiger partial charge in [-0.15, -0.1) is 0 Å². The number of nitrogens with one attached hydrogen (secondary N) is 1. The normalized spacial score (nSPS) is 10.7. The van der Waals surface area contributed by atoms with Crippen LogP contribution < -0.4 is 14.9 Å². The first kappa shape index (κ1) is 19.3. The van der Waals surface area contributed by atoms with E-state index in [0.29, 0.717) is 18.1 Å². The van der Waals surface area contributed by atoms with Gasteiger partial charge in [0.2, 0.25) is 0 Å². The Morgan fingerprint density at radius 3 is 2.73 bits per heavy atom. The maximum absolute atomic E-state index is 12.0. The van der Waals surface area contributed by atoms with Crippen molar-refractivity contribution in [2.24, 2.45) is 5.10 Å². The molecule has 2 N–H and O–H groups in total. The molecule has 138 valence electrons. The van der Waals surface area contributed by atoms with Crippen molar-refractivity contribution >= 4 is 12.1 Å². The number of amides is 1. The van der Waals surface area contributed by atoms with Crippen molar-refractivity contribution in [3.63, 3.8) is 0 Å². The number of phenols is 1. The maximum Gasteiger partial charge on any atom is 0.275 e. The Kier molecular flexibility index (Phi) is 7.49. The number of carbonyl (C=O) groups excluding carboxylic acids is 1. The minimum atomic E-state index is -0.484. The first-order chi connectivity index (χ1) is 12.7. The van der Waals surface area contributed by atoms with E-state index < -0.39 is 5.91 Å². The number of benzene rings is 2. The van der Waals surface area contributed by atoms with E-state index in [2.05, 4.69) is 17.5 Å². The van der Waals surface area contributed by atoms with Crippen LogP contribution in [0.3, 0.4) is 0 Å². The molecule has 2 aromatic carbocycles. The lowest BCUT2D eigenvalue weighted by Gasteiger charge is -2.11. The Bertz CT molecular complexity index is 759. The molecule has 0 aliphatic heterocycles. The summed E-state index contributed by atoms with van der Waals surface area (Å²) in [4.78, 5) is 12.0. The van der Waals surface area contributed by atoms with Crippen LogP contribution >= 0.6 is 0 Å². The van der Waals surface area contributed by atoms with Crippen molar-refractivity contribution in [2.45, 2.75) is 26.2 Å². The molecule has 0 heterocycles. The molecule has 0 unspecified atom stereocenters. The van der Waals surface area contributed by atoms with Gasteiger partial charge < -0.3 is 14.6 Å². The van der Waals surface area contributed by atoms with E-state index in [1.165, 1.54) is 18.3 Å². The summed E-state index contributed by atoms with van der Waals surface area (Å²) in [6.07, 6.45) is 4.77. The van der Waals surface area contributed by atoms with Gasteiger partial charge >= 0.3 is 0 Å². The number of rotatable bonds is 9. The van der Waals surface area contributed by atoms with Gasteiger partial charge in [-0.05, 0) is 42.3 Å². The van der Waals surface area contributed by atoms with Gasteiger partial charge in [-0.2, -0.15) is 5.10 Å². The number of nitrogens with zero attached hydrogens (tertiary/aromatic N) is 1. The molecule has 0 fully saturated rings. The lowest BCUT2D eigenvalue weighted by atomic mass is 10.2. The van der Waals surface area contributed by atoms with Gasteiger partial charge in [-0.25, -0.2) is 5.43 Å². The van der Waals surface area contributed by atoms with Crippen molar-refractivity contribution in [2.75, 3.05) is 13.7 Å². The van der Waals surface area contributed by atoms with Crippen molar-refractivity contribution in [3.05, 3.63) is 53.6 Å². The van der Waals surface area contributed by atoms with Gasteiger partial charge in [0.15, 0.2) is 11.5 Å². The second-order valence-electron chi connectivity index (χ2n) is 5.68. The zero-order valence-corrected chi connectivity index (χ0v) is 15.1. The van der Waals surface area contributed by atoms with E-state index in [-0.39, 0.29) is 11.3 Å². The van der Waals surface area contributed by atoms with Crippen LogP contribution in [0.4, 0.5) is 0 Å². The molecule has 6 heteroatoms. The van der Waals surface area contributed by atoms with Crippen molar-refractivity contribution in [1.82, 2.24) is 5.43 Å². The minimum Gasteiger partial charge on any atom is -0.507 e. The summed E-state index contributed by atoms with van der Waals surface area (Å²) in [5, 5.41) is 13.6. The fraction of sp³-hybridized carbons (Fsp3) is 0.300. The molecule has 0 saturated heterocycles. The van der Waals surface area contributed by atoms with Crippen LogP contribution in [0.2, 0.25) is 0 Å². The molecule has 0 spiro atoms. The van der Waals surface area contributed by atoms with Crippen LogP contribution in [-0.4, -0.2) is 30.9 Å². The first-order valence-corrected chi connectivity index (χ1v) is 8.58. The quantitative estimate of drug-likeness (QED) is 0.407. The second kappa shape index (κ2) is 10.1. The van der Waals surface area contributed by atoms with Gasteiger partial charge in [0, 0.05) is 0 Å². The van der Waals surface area contributed by atoms with Crippen molar-refractivity contribution in [3.8, 4) is 17.2 Å². The summed E-state index contributed by atoms with van der Waals surface area (Å²) in [5.41, 5.74) is 3.30. The molecule has 2 aromatic rings. The molecule has 0 radical (unpaired) electrons. The van der Waals surface area contributed by atoms with Gasteiger partial charge in [-0.3, -0.25) is 4.79 Å². The average Bonchev–Trinajstić information content (AvgIpc) is 2.66. The summed E-state index contributed by atoms with van der Waals surface area (Å²) in [6.45, 7) is 2.79. The van der Waals surface area contributed by atoms with E-state index in [9.17, 15) is 9.90 Å². The Labute approximate surface area is 153 Å².